The third kappa shape index (κ3) is 6.86. The fourth-order valence-corrected chi connectivity index (χ4v) is 2.78. The predicted molar refractivity (Wildman–Crippen MR) is 114 cm³/mol. The second-order valence-electron chi connectivity index (χ2n) is 6.07. The molecule has 0 aliphatic carbocycles. The third-order valence-electron chi connectivity index (χ3n) is 4.04. The van der Waals surface area contributed by atoms with Gasteiger partial charge >= 0.3 is 0 Å². The zero-order valence-electron chi connectivity index (χ0n) is 16.3. The number of methoxy groups -OCH3 is 1. The minimum atomic E-state index is -0.737. The summed E-state index contributed by atoms with van der Waals surface area (Å²) < 4.78 is 16.4. The van der Waals surface area contributed by atoms with Gasteiger partial charge in [0.25, 0.3) is 5.91 Å². The van der Waals surface area contributed by atoms with Crippen LogP contribution in [0.25, 0.3) is 0 Å². The number of halogens is 1. The van der Waals surface area contributed by atoms with E-state index in [-0.39, 0.29) is 19.1 Å². The van der Waals surface area contributed by atoms with Gasteiger partial charge < -0.3 is 19.5 Å². The fourth-order valence-electron chi connectivity index (χ4n) is 2.65. The number of hydrogen-bond donors (Lipinski definition) is 1. The molecule has 1 N–H and O–H groups in total. The van der Waals surface area contributed by atoms with Gasteiger partial charge in [-0.1, -0.05) is 41.8 Å². The molecule has 0 aromatic heterocycles. The Labute approximate surface area is 176 Å². The molecule has 0 radical (unpaired) electrons. The Balaban J connectivity index is 1.98. The van der Waals surface area contributed by atoms with Crippen LogP contribution < -0.4 is 14.8 Å². The maximum absolute atomic E-state index is 12.7. The average molecular weight is 414 g/mol. The number of nitrogens with one attached hydrogen (secondary N) is 1. The van der Waals surface area contributed by atoms with Crippen molar-refractivity contribution in [2.24, 2.45) is 0 Å². The molecule has 0 heterocycles. The van der Waals surface area contributed by atoms with Crippen molar-refractivity contribution in [2.75, 3.05) is 26.9 Å². The topological polar surface area (TPSA) is 56.8 Å². The van der Waals surface area contributed by atoms with E-state index in [1.54, 1.807) is 43.5 Å². The molecular weight excluding hydrogens is 390 g/mol. The number of benzene rings is 2. The van der Waals surface area contributed by atoms with E-state index in [0.29, 0.717) is 29.5 Å². The average Bonchev–Trinajstić information content (AvgIpc) is 2.74. The SMILES string of the molecule is C#CCOc1ccc(CCNC(=O)[C@@H](OCC=C)c2ccc(Cl)cc2)cc1OC. The van der Waals surface area contributed by atoms with Gasteiger partial charge in [-0.3, -0.25) is 4.79 Å². The summed E-state index contributed by atoms with van der Waals surface area (Å²) in [6.07, 6.45) is 6.70. The van der Waals surface area contributed by atoms with E-state index in [2.05, 4.69) is 17.8 Å². The van der Waals surface area contributed by atoms with Crippen LogP contribution >= 0.6 is 11.6 Å². The minimum Gasteiger partial charge on any atom is -0.493 e. The predicted octanol–water partition coefficient (Wildman–Crippen LogP) is 3.96. The highest BCUT2D eigenvalue weighted by atomic mass is 35.5. The van der Waals surface area contributed by atoms with Gasteiger partial charge in [-0.2, -0.15) is 0 Å². The molecule has 2 aromatic rings. The fraction of sp³-hybridized carbons (Fsp3) is 0.261. The van der Waals surface area contributed by atoms with Gasteiger partial charge in [0.05, 0.1) is 13.7 Å². The lowest BCUT2D eigenvalue weighted by Crippen LogP contribution is -2.32. The van der Waals surface area contributed by atoms with Gasteiger partial charge in [0.1, 0.15) is 6.61 Å². The Bertz CT molecular complexity index is 858. The normalized spacial score (nSPS) is 11.2. The van der Waals surface area contributed by atoms with Gasteiger partial charge in [-0.25, -0.2) is 0 Å². The molecule has 0 bridgehead atoms. The molecule has 0 aliphatic rings. The first kappa shape index (κ1) is 22.4. The number of ether oxygens (including phenoxy) is 3. The summed E-state index contributed by atoms with van der Waals surface area (Å²) in [5, 5.41) is 3.51. The Morgan fingerprint density at radius 2 is 2.03 bits per heavy atom. The molecule has 0 fully saturated rings. The van der Waals surface area contributed by atoms with Crippen LogP contribution in [0.3, 0.4) is 0 Å². The molecular formula is C23H24ClNO4. The molecule has 0 saturated heterocycles. The van der Waals surface area contributed by atoms with Crippen LogP contribution in [-0.2, 0) is 16.0 Å². The monoisotopic (exact) mass is 413 g/mol. The maximum Gasteiger partial charge on any atom is 0.253 e. The quantitative estimate of drug-likeness (QED) is 0.447. The summed E-state index contributed by atoms with van der Waals surface area (Å²) in [7, 11) is 1.57. The highest BCUT2D eigenvalue weighted by Gasteiger charge is 2.20. The van der Waals surface area contributed by atoms with Crippen molar-refractivity contribution in [3.63, 3.8) is 0 Å². The number of carbonyl (C=O) groups excluding carboxylic acids is 1. The first-order valence-electron chi connectivity index (χ1n) is 9.08. The molecule has 5 nitrogen and oxygen atoms in total. The van der Waals surface area contributed by atoms with Gasteiger partial charge in [0.2, 0.25) is 0 Å². The van der Waals surface area contributed by atoms with Crippen LogP contribution in [0.5, 0.6) is 11.5 Å². The van der Waals surface area contributed by atoms with E-state index in [9.17, 15) is 4.79 Å². The second-order valence-corrected chi connectivity index (χ2v) is 6.51. The van der Waals surface area contributed by atoms with Crippen molar-refractivity contribution in [2.45, 2.75) is 12.5 Å². The van der Waals surface area contributed by atoms with Crippen molar-refractivity contribution in [1.82, 2.24) is 5.32 Å². The number of carbonyl (C=O) groups is 1. The molecule has 2 rings (SSSR count). The third-order valence-corrected chi connectivity index (χ3v) is 4.30. The number of amides is 1. The summed E-state index contributed by atoms with van der Waals surface area (Å²) in [5.74, 6) is 3.37. The summed E-state index contributed by atoms with van der Waals surface area (Å²) >= 11 is 5.93. The molecule has 0 spiro atoms. The Kier molecular flexibility index (Phi) is 9.10. The first-order valence-corrected chi connectivity index (χ1v) is 9.45. The number of terminal acetylenes is 1. The van der Waals surface area contributed by atoms with Crippen molar-refractivity contribution >= 4 is 17.5 Å². The van der Waals surface area contributed by atoms with Crippen LogP contribution in [0.2, 0.25) is 5.02 Å². The lowest BCUT2D eigenvalue weighted by molar-refractivity contribution is -0.132. The van der Waals surface area contributed by atoms with Crippen LogP contribution in [0.4, 0.5) is 0 Å². The Hall–Kier alpha value is -2.94. The molecule has 1 amide bonds. The van der Waals surface area contributed by atoms with E-state index >= 15 is 0 Å². The van der Waals surface area contributed by atoms with E-state index < -0.39 is 6.10 Å². The van der Waals surface area contributed by atoms with Crippen molar-refractivity contribution in [3.05, 3.63) is 71.3 Å². The minimum absolute atomic E-state index is 0.169. The number of rotatable bonds is 11. The van der Waals surface area contributed by atoms with Crippen LogP contribution in [0.1, 0.15) is 17.2 Å². The van der Waals surface area contributed by atoms with Gasteiger partial charge in [-0.05, 0) is 41.8 Å². The van der Waals surface area contributed by atoms with Crippen LogP contribution in [0, 0.1) is 12.3 Å². The summed E-state index contributed by atoms with van der Waals surface area (Å²) in [4.78, 5) is 12.7. The number of hydrogen-bond acceptors (Lipinski definition) is 4. The molecule has 0 unspecified atom stereocenters. The van der Waals surface area contributed by atoms with E-state index in [1.165, 1.54) is 0 Å². The molecule has 6 heteroatoms. The smallest absolute Gasteiger partial charge is 0.253 e. The summed E-state index contributed by atoms with van der Waals surface area (Å²) in [6, 6.07) is 12.6. The molecule has 1 atom stereocenters. The van der Waals surface area contributed by atoms with Gasteiger partial charge in [-0.15, -0.1) is 13.0 Å². The lowest BCUT2D eigenvalue weighted by Gasteiger charge is -2.17. The van der Waals surface area contributed by atoms with Gasteiger partial charge in [0.15, 0.2) is 17.6 Å². The maximum atomic E-state index is 12.7. The van der Waals surface area contributed by atoms with E-state index in [4.69, 9.17) is 32.2 Å². The van der Waals surface area contributed by atoms with Crippen LogP contribution in [0.15, 0.2) is 55.1 Å². The van der Waals surface area contributed by atoms with E-state index in [0.717, 1.165) is 11.1 Å². The Morgan fingerprint density at radius 3 is 2.69 bits per heavy atom. The first-order chi connectivity index (χ1) is 14.1. The zero-order valence-corrected chi connectivity index (χ0v) is 17.1. The van der Waals surface area contributed by atoms with Crippen molar-refractivity contribution < 1.29 is 19.0 Å². The van der Waals surface area contributed by atoms with Gasteiger partial charge in [0, 0.05) is 11.6 Å². The molecule has 29 heavy (non-hydrogen) atoms. The Morgan fingerprint density at radius 1 is 1.28 bits per heavy atom. The molecule has 0 saturated carbocycles. The second kappa shape index (κ2) is 11.8. The van der Waals surface area contributed by atoms with Crippen molar-refractivity contribution in [1.29, 1.82) is 0 Å². The highest BCUT2D eigenvalue weighted by molar-refractivity contribution is 6.30. The molecule has 2 aromatic carbocycles. The summed E-state index contributed by atoms with van der Waals surface area (Å²) in [6.45, 7) is 4.50. The lowest BCUT2D eigenvalue weighted by atomic mass is 10.1. The summed E-state index contributed by atoms with van der Waals surface area (Å²) in [5.41, 5.74) is 1.72. The van der Waals surface area contributed by atoms with E-state index in [1.807, 2.05) is 12.1 Å². The largest absolute Gasteiger partial charge is 0.493 e. The van der Waals surface area contributed by atoms with Crippen LogP contribution in [-0.4, -0.2) is 32.8 Å². The standard InChI is InChI=1S/C23H24ClNO4/c1-4-14-28-20-11-6-17(16-21(20)27-3)12-13-25-23(26)22(29-15-5-2)18-7-9-19(24)10-8-18/h1,5-11,16,22H,2,12-15H2,3H3,(H,25,26)/t22-/m0/s1. The molecule has 0 aliphatic heterocycles. The molecule has 152 valence electrons. The highest BCUT2D eigenvalue weighted by Crippen LogP contribution is 2.28. The zero-order chi connectivity index (χ0) is 21.1. The van der Waals surface area contributed by atoms with Crippen molar-refractivity contribution in [3.8, 4) is 23.8 Å².